The molecule has 0 saturated heterocycles. The standard InChI is InChI=1S/C25H23BrN2O3S2/c26-15-8-9-18(31-12-19(29)27-16-4-2-1-3-5-16)17(11-15)21-20-13-6-7-14(10-13)22(20)32-24-23(21)33-25(30)28-24/h1-5,8-9,11,13-14,20-22H,6-7,10,12H2,(H,27,29)(H,28,30)/t13?,14?,20?,21-,22?/m1/s1. The number of benzene rings is 2. The summed E-state index contributed by atoms with van der Waals surface area (Å²) >= 11 is 6.85. The summed E-state index contributed by atoms with van der Waals surface area (Å²) in [5.74, 6) is 2.51. The number of thiazole rings is 1. The van der Waals surface area contributed by atoms with E-state index in [0.717, 1.165) is 31.5 Å². The number of hydrogen-bond acceptors (Lipinski definition) is 5. The molecule has 2 aromatic carbocycles. The summed E-state index contributed by atoms with van der Waals surface area (Å²) < 4.78 is 7.08. The number of thioether (sulfide) groups is 1. The van der Waals surface area contributed by atoms with Crippen LogP contribution in [0.3, 0.4) is 0 Å². The van der Waals surface area contributed by atoms with Crippen LogP contribution in [-0.4, -0.2) is 22.7 Å². The van der Waals surface area contributed by atoms with Crippen molar-refractivity contribution in [2.45, 2.75) is 35.5 Å². The number of ether oxygens (including phenoxy) is 1. The third-order valence-electron chi connectivity index (χ3n) is 7.19. The maximum Gasteiger partial charge on any atom is 0.305 e. The summed E-state index contributed by atoms with van der Waals surface area (Å²) in [5.41, 5.74) is 1.81. The molecule has 0 spiro atoms. The van der Waals surface area contributed by atoms with E-state index in [9.17, 15) is 9.59 Å². The van der Waals surface area contributed by atoms with Crippen molar-refractivity contribution in [1.29, 1.82) is 0 Å². The van der Waals surface area contributed by atoms with Crippen molar-refractivity contribution in [1.82, 2.24) is 4.98 Å². The number of aromatic amines is 1. The fourth-order valence-corrected chi connectivity index (χ4v) is 9.22. The van der Waals surface area contributed by atoms with Gasteiger partial charge in [0.05, 0.1) is 5.03 Å². The number of aromatic nitrogens is 1. The van der Waals surface area contributed by atoms with Gasteiger partial charge in [0.25, 0.3) is 5.91 Å². The zero-order chi connectivity index (χ0) is 22.5. The number of rotatable bonds is 5. The van der Waals surface area contributed by atoms with Crippen LogP contribution in [0.2, 0.25) is 0 Å². The van der Waals surface area contributed by atoms with Gasteiger partial charge in [-0.2, -0.15) is 0 Å². The van der Waals surface area contributed by atoms with Crippen molar-refractivity contribution in [2.24, 2.45) is 17.8 Å². The topological polar surface area (TPSA) is 71.2 Å². The monoisotopic (exact) mass is 542 g/mol. The summed E-state index contributed by atoms with van der Waals surface area (Å²) in [4.78, 5) is 29.1. The normalized spacial score (nSPS) is 27.1. The van der Waals surface area contributed by atoms with Crippen molar-refractivity contribution < 1.29 is 9.53 Å². The van der Waals surface area contributed by atoms with Gasteiger partial charge in [-0.25, -0.2) is 0 Å². The number of hydrogen-bond donors (Lipinski definition) is 2. The first-order valence-electron chi connectivity index (χ1n) is 11.2. The van der Waals surface area contributed by atoms with E-state index in [1.165, 1.54) is 30.6 Å². The van der Waals surface area contributed by atoms with E-state index in [4.69, 9.17) is 4.74 Å². The van der Waals surface area contributed by atoms with Gasteiger partial charge in [0, 0.05) is 31.8 Å². The number of fused-ring (bicyclic) bond motifs is 6. The molecular formula is C25H23BrN2O3S2. The van der Waals surface area contributed by atoms with E-state index in [-0.39, 0.29) is 23.3 Å². The first kappa shape index (κ1) is 21.5. The van der Waals surface area contributed by atoms with Crippen molar-refractivity contribution in [3.63, 3.8) is 0 Å². The van der Waals surface area contributed by atoms with E-state index in [1.807, 2.05) is 54.2 Å². The molecule has 2 aliphatic carbocycles. The zero-order valence-electron chi connectivity index (χ0n) is 17.8. The summed E-state index contributed by atoms with van der Waals surface area (Å²) in [6.07, 6.45) is 3.83. The molecule has 33 heavy (non-hydrogen) atoms. The zero-order valence-corrected chi connectivity index (χ0v) is 21.0. The van der Waals surface area contributed by atoms with Crippen molar-refractivity contribution in [3.05, 3.63) is 73.1 Å². The number of amides is 1. The number of anilines is 1. The van der Waals surface area contributed by atoms with Crippen molar-refractivity contribution in [2.75, 3.05) is 11.9 Å². The van der Waals surface area contributed by atoms with Crippen LogP contribution in [0, 0.1) is 17.8 Å². The number of para-hydroxylation sites is 1. The molecule has 2 heterocycles. The first-order chi connectivity index (χ1) is 16.1. The predicted molar refractivity (Wildman–Crippen MR) is 135 cm³/mol. The fourth-order valence-electron chi connectivity index (χ4n) is 5.95. The van der Waals surface area contributed by atoms with Crippen LogP contribution in [0.4, 0.5) is 5.69 Å². The Morgan fingerprint density at radius 3 is 2.82 bits per heavy atom. The van der Waals surface area contributed by atoms with Gasteiger partial charge < -0.3 is 15.0 Å². The molecule has 1 aliphatic heterocycles. The molecular weight excluding hydrogens is 520 g/mol. The van der Waals surface area contributed by atoms with E-state index in [1.54, 1.807) is 0 Å². The first-order valence-corrected chi connectivity index (χ1v) is 13.7. The Morgan fingerprint density at radius 2 is 1.97 bits per heavy atom. The lowest BCUT2D eigenvalue weighted by Gasteiger charge is -2.40. The van der Waals surface area contributed by atoms with Crippen LogP contribution in [0.25, 0.3) is 0 Å². The van der Waals surface area contributed by atoms with E-state index < -0.39 is 0 Å². The molecule has 1 amide bonds. The van der Waals surface area contributed by atoms with Gasteiger partial charge in [0.1, 0.15) is 5.75 Å². The molecule has 2 N–H and O–H groups in total. The SMILES string of the molecule is O=C(COc1ccc(Br)cc1[C@H]1c2sc(=O)[nH]c2SC2C3CCC(C3)C21)Nc1ccccc1. The van der Waals surface area contributed by atoms with Gasteiger partial charge in [0.15, 0.2) is 6.61 Å². The minimum Gasteiger partial charge on any atom is -0.483 e. The average molecular weight is 544 g/mol. The van der Waals surface area contributed by atoms with E-state index in [2.05, 4.69) is 32.3 Å². The quantitative estimate of drug-likeness (QED) is 0.423. The van der Waals surface area contributed by atoms with Gasteiger partial charge in [0.2, 0.25) is 0 Å². The lowest BCUT2D eigenvalue weighted by molar-refractivity contribution is -0.118. The Hall–Kier alpha value is -2.03. The molecule has 170 valence electrons. The van der Waals surface area contributed by atoms with Crippen LogP contribution in [0.15, 0.2) is 62.8 Å². The molecule has 2 fully saturated rings. The summed E-state index contributed by atoms with van der Waals surface area (Å²) in [5, 5.41) is 4.43. The summed E-state index contributed by atoms with van der Waals surface area (Å²) in [6.45, 7) is -0.0681. The second kappa shape index (κ2) is 8.64. The van der Waals surface area contributed by atoms with Gasteiger partial charge in [-0.15, -0.1) is 11.8 Å². The predicted octanol–water partition coefficient (Wildman–Crippen LogP) is 5.87. The van der Waals surface area contributed by atoms with Crippen LogP contribution >= 0.6 is 39.0 Å². The van der Waals surface area contributed by atoms with Crippen LogP contribution in [0.5, 0.6) is 5.75 Å². The summed E-state index contributed by atoms with van der Waals surface area (Å²) in [7, 11) is 0. The molecule has 2 saturated carbocycles. The minimum atomic E-state index is -0.195. The number of halogens is 1. The maximum atomic E-state index is 12.5. The highest BCUT2D eigenvalue weighted by Gasteiger charge is 2.55. The number of carbonyl (C=O) groups is 1. The third-order valence-corrected chi connectivity index (χ3v) is 10.3. The lowest BCUT2D eigenvalue weighted by Crippen LogP contribution is -2.34. The maximum absolute atomic E-state index is 12.5. The second-order valence-corrected chi connectivity index (χ2v) is 12.2. The second-order valence-electron chi connectivity index (χ2n) is 9.06. The molecule has 6 rings (SSSR count). The van der Waals surface area contributed by atoms with Crippen LogP contribution in [-0.2, 0) is 4.79 Å². The van der Waals surface area contributed by atoms with E-state index >= 15 is 0 Å². The fraction of sp³-hybridized carbons (Fsp3) is 0.360. The Kier molecular flexibility index (Phi) is 5.63. The molecule has 2 bridgehead atoms. The third kappa shape index (κ3) is 3.96. The Bertz CT molecular complexity index is 1260. The van der Waals surface area contributed by atoms with Gasteiger partial charge in [-0.05, 0) is 67.3 Å². The van der Waals surface area contributed by atoms with Gasteiger partial charge in [-0.3, -0.25) is 9.59 Å². The molecule has 3 aliphatic rings. The smallest absolute Gasteiger partial charge is 0.305 e. The molecule has 5 nitrogen and oxygen atoms in total. The minimum absolute atomic E-state index is 0.00419. The number of H-pyrrole nitrogens is 1. The van der Waals surface area contributed by atoms with E-state index in [0.29, 0.717) is 22.8 Å². The average Bonchev–Trinajstić information content (AvgIpc) is 3.51. The van der Waals surface area contributed by atoms with Gasteiger partial charge >= 0.3 is 4.87 Å². The lowest BCUT2D eigenvalue weighted by atomic mass is 9.74. The molecule has 8 heteroatoms. The Labute approximate surface area is 208 Å². The highest BCUT2D eigenvalue weighted by molar-refractivity contribution is 9.10. The highest BCUT2D eigenvalue weighted by Crippen LogP contribution is 2.64. The molecule has 5 atom stereocenters. The Balaban J connectivity index is 1.33. The summed E-state index contributed by atoms with van der Waals surface area (Å²) in [6, 6.07) is 15.4. The number of carbonyl (C=O) groups excluding carboxylic acids is 1. The molecule has 1 aromatic heterocycles. The molecule has 3 aromatic rings. The highest BCUT2D eigenvalue weighted by atomic mass is 79.9. The molecule has 4 unspecified atom stereocenters. The largest absolute Gasteiger partial charge is 0.483 e. The Morgan fingerprint density at radius 1 is 1.15 bits per heavy atom. The van der Waals surface area contributed by atoms with Crippen LogP contribution in [0.1, 0.15) is 35.6 Å². The number of nitrogens with one attached hydrogen (secondary N) is 2. The van der Waals surface area contributed by atoms with Gasteiger partial charge in [-0.1, -0.05) is 45.5 Å². The molecule has 0 radical (unpaired) electrons. The van der Waals surface area contributed by atoms with Crippen molar-refractivity contribution >= 4 is 50.6 Å². The van der Waals surface area contributed by atoms with Crippen LogP contribution < -0.4 is 14.9 Å². The van der Waals surface area contributed by atoms with Crippen molar-refractivity contribution in [3.8, 4) is 5.75 Å².